The van der Waals surface area contributed by atoms with Crippen molar-refractivity contribution in [2.24, 2.45) is 0 Å². The normalized spacial score (nSPS) is 12.3. The zero-order valence-corrected chi connectivity index (χ0v) is 13.0. The Kier molecular flexibility index (Phi) is 3.90. The van der Waals surface area contributed by atoms with Crippen molar-refractivity contribution < 1.29 is 9.84 Å². The van der Waals surface area contributed by atoms with Gasteiger partial charge in [-0.25, -0.2) is 0 Å². The minimum Gasteiger partial charge on any atom is -0.497 e. The summed E-state index contributed by atoms with van der Waals surface area (Å²) in [7, 11) is 1.61. The van der Waals surface area contributed by atoms with Gasteiger partial charge in [0.15, 0.2) is 0 Å². The first-order chi connectivity index (χ1) is 10.2. The van der Waals surface area contributed by atoms with Crippen LogP contribution in [0.5, 0.6) is 5.75 Å². The number of hydrogen-bond donors (Lipinski definition) is 1. The summed E-state index contributed by atoms with van der Waals surface area (Å²) in [5.41, 5.74) is 1.60. The van der Waals surface area contributed by atoms with Crippen molar-refractivity contribution in [2.45, 2.75) is 6.10 Å². The van der Waals surface area contributed by atoms with E-state index in [4.69, 9.17) is 4.74 Å². The lowest BCUT2D eigenvalue weighted by atomic mass is 9.97. The molecule has 0 aliphatic rings. The highest BCUT2D eigenvalue weighted by Crippen LogP contribution is 2.34. The maximum absolute atomic E-state index is 10.8. The monoisotopic (exact) mass is 343 g/mol. The lowest BCUT2D eigenvalue weighted by Crippen LogP contribution is -2.02. The third-order valence-corrected chi connectivity index (χ3v) is 4.23. The predicted octanol–water partition coefficient (Wildman–Crippen LogP) is 4.09. The molecule has 0 aliphatic carbocycles. The average molecular weight is 344 g/mol. The second-order valence-corrected chi connectivity index (χ2v) is 5.59. The molecular weight excluding hydrogens is 330 g/mol. The van der Waals surface area contributed by atoms with E-state index in [1.54, 1.807) is 19.5 Å². The van der Waals surface area contributed by atoms with Gasteiger partial charge < -0.3 is 9.84 Å². The number of hydrogen-bond acceptors (Lipinski definition) is 3. The van der Waals surface area contributed by atoms with E-state index in [1.165, 1.54) is 0 Å². The topological polar surface area (TPSA) is 42.4 Å². The number of nitrogens with zero attached hydrogens (tertiary/aromatic N) is 1. The Balaban J connectivity index is 2.14. The maximum atomic E-state index is 10.8. The third-order valence-electron chi connectivity index (χ3n) is 3.51. The van der Waals surface area contributed by atoms with Crippen LogP contribution in [0.15, 0.2) is 59.3 Å². The number of aliphatic hydroxyl groups excluding tert-OH is 1. The van der Waals surface area contributed by atoms with Crippen LogP contribution >= 0.6 is 15.9 Å². The molecule has 2 aromatic carbocycles. The van der Waals surface area contributed by atoms with Crippen molar-refractivity contribution in [2.75, 3.05) is 7.11 Å². The number of methoxy groups -OCH3 is 1. The SMILES string of the molecule is COc1ccc(Br)c(C(O)c2cccc3ccncc23)c1. The molecule has 21 heavy (non-hydrogen) atoms. The van der Waals surface area contributed by atoms with Crippen molar-refractivity contribution in [1.29, 1.82) is 0 Å². The first kappa shape index (κ1) is 14.0. The fraction of sp³-hybridized carbons (Fsp3) is 0.118. The molecule has 1 aromatic heterocycles. The molecule has 106 valence electrons. The minimum absolute atomic E-state index is 0.714. The number of aromatic nitrogens is 1. The van der Waals surface area contributed by atoms with E-state index < -0.39 is 6.10 Å². The number of aliphatic hydroxyl groups is 1. The number of fused-ring (bicyclic) bond motifs is 1. The summed E-state index contributed by atoms with van der Waals surface area (Å²) in [5, 5.41) is 12.8. The fourth-order valence-corrected chi connectivity index (χ4v) is 2.86. The molecule has 0 radical (unpaired) electrons. The second-order valence-electron chi connectivity index (χ2n) is 4.73. The van der Waals surface area contributed by atoms with E-state index in [0.717, 1.165) is 26.4 Å². The smallest absolute Gasteiger partial charge is 0.119 e. The molecule has 1 N–H and O–H groups in total. The van der Waals surface area contributed by atoms with Gasteiger partial charge in [-0.3, -0.25) is 4.98 Å². The van der Waals surface area contributed by atoms with Crippen molar-refractivity contribution in [3.8, 4) is 5.75 Å². The van der Waals surface area contributed by atoms with Crippen LogP contribution in [0.3, 0.4) is 0 Å². The van der Waals surface area contributed by atoms with E-state index in [1.807, 2.05) is 42.5 Å². The highest BCUT2D eigenvalue weighted by atomic mass is 79.9. The van der Waals surface area contributed by atoms with Gasteiger partial charge in [-0.1, -0.05) is 34.1 Å². The molecule has 0 bridgehead atoms. The molecular formula is C17H14BrNO2. The maximum Gasteiger partial charge on any atom is 0.119 e. The third kappa shape index (κ3) is 2.64. The van der Waals surface area contributed by atoms with E-state index in [-0.39, 0.29) is 0 Å². The van der Waals surface area contributed by atoms with Crippen LogP contribution in [0, 0.1) is 0 Å². The summed E-state index contributed by atoms with van der Waals surface area (Å²) in [6.45, 7) is 0. The Morgan fingerprint density at radius 1 is 1.14 bits per heavy atom. The van der Waals surface area contributed by atoms with Gasteiger partial charge in [0.25, 0.3) is 0 Å². The van der Waals surface area contributed by atoms with Crippen LogP contribution in [-0.4, -0.2) is 17.2 Å². The summed E-state index contributed by atoms with van der Waals surface area (Å²) >= 11 is 3.49. The summed E-state index contributed by atoms with van der Waals surface area (Å²) in [4.78, 5) is 4.16. The Bertz CT molecular complexity index is 783. The molecule has 0 saturated carbocycles. The Hall–Kier alpha value is -1.91. The molecule has 0 amide bonds. The van der Waals surface area contributed by atoms with Crippen LogP contribution in [-0.2, 0) is 0 Å². The highest BCUT2D eigenvalue weighted by Gasteiger charge is 2.17. The van der Waals surface area contributed by atoms with Crippen molar-refractivity contribution in [1.82, 2.24) is 4.98 Å². The molecule has 0 spiro atoms. The Labute approximate surface area is 131 Å². The fourth-order valence-electron chi connectivity index (χ4n) is 2.40. The molecule has 0 saturated heterocycles. The van der Waals surface area contributed by atoms with Crippen LogP contribution < -0.4 is 4.74 Å². The first-order valence-electron chi connectivity index (χ1n) is 6.55. The van der Waals surface area contributed by atoms with Gasteiger partial charge in [0.05, 0.1) is 7.11 Å². The number of benzene rings is 2. The van der Waals surface area contributed by atoms with E-state index in [2.05, 4.69) is 20.9 Å². The van der Waals surface area contributed by atoms with Crippen LogP contribution in [0.2, 0.25) is 0 Å². The van der Waals surface area contributed by atoms with E-state index >= 15 is 0 Å². The van der Waals surface area contributed by atoms with Gasteiger partial charge in [-0.15, -0.1) is 0 Å². The first-order valence-corrected chi connectivity index (χ1v) is 7.34. The summed E-state index contributed by atoms with van der Waals surface area (Å²) in [5.74, 6) is 0.714. The zero-order chi connectivity index (χ0) is 14.8. The molecule has 0 fully saturated rings. The van der Waals surface area contributed by atoms with Gasteiger partial charge in [-0.2, -0.15) is 0 Å². The molecule has 1 atom stereocenters. The van der Waals surface area contributed by atoms with Gasteiger partial charge in [0, 0.05) is 27.8 Å². The number of pyridine rings is 1. The van der Waals surface area contributed by atoms with Crippen molar-refractivity contribution in [3.63, 3.8) is 0 Å². The Morgan fingerprint density at radius 2 is 2.00 bits per heavy atom. The van der Waals surface area contributed by atoms with Crippen LogP contribution in [0.4, 0.5) is 0 Å². The molecule has 4 heteroatoms. The average Bonchev–Trinajstić information content (AvgIpc) is 2.54. The summed E-state index contributed by atoms with van der Waals surface area (Å²) in [6.07, 6.45) is 2.78. The van der Waals surface area contributed by atoms with Crippen molar-refractivity contribution >= 4 is 26.7 Å². The molecule has 3 aromatic rings. The van der Waals surface area contributed by atoms with Gasteiger partial charge in [0.2, 0.25) is 0 Å². The van der Waals surface area contributed by atoms with Gasteiger partial charge >= 0.3 is 0 Å². The quantitative estimate of drug-likeness (QED) is 0.778. The van der Waals surface area contributed by atoms with Gasteiger partial charge in [-0.05, 0) is 35.2 Å². The van der Waals surface area contributed by atoms with Gasteiger partial charge in [0.1, 0.15) is 11.9 Å². The second kappa shape index (κ2) is 5.84. The molecule has 1 heterocycles. The number of halogens is 1. The summed E-state index contributed by atoms with van der Waals surface area (Å²) in [6, 6.07) is 13.4. The molecule has 1 unspecified atom stereocenters. The Morgan fingerprint density at radius 3 is 2.81 bits per heavy atom. The standard InChI is InChI=1S/C17H14BrNO2/c1-21-12-5-6-16(18)14(9-12)17(20)13-4-2-3-11-7-8-19-10-15(11)13/h2-10,17,20H,1H3. The van der Waals surface area contributed by atoms with Crippen molar-refractivity contribution in [3.05, 3.63) is 70.5 Å². The van der Waals surface area contributed by atoms with Crippen LogP contribution in [0.1, 0.15) is 17.2 Å². The summed E-state index contributed by atoms with van der Waals surface area (Å²) < 4.78 is 6.08. The number of rotatable bonds is 3. The zero-order valence-electron chi connectivity index (χ0n) is 11.5. The van der Waals surface area contributed by atoms with E-state index in [0.29, 0.717) is 5.75 Å². The van der Waals surface area contributed by atoms with Crippen LogP contribution in [0.25, 0.3) is 10.8 Å². The lowest BCUT2D eigenvalue weighted by molar-refractivity contribution is 0.220. The molecule has 3 nitrogen and oxygen atoms in total. The minimum atomic E-state index is -0.748. The largest absolute Gasteiger partial charge is 0.497 e. The molecule has 0 aliphatic heterocycles. The van der Waals surface area contributed by atoms with E-state index in [9.17, 15) is 5.11 Å². The highest BCUT2D eigenvalue weighted by molar-refractivity contribution is 9.10. The lowest BCUT2D eigenvalue weighted by Gasteiger charge is -2.16. The number of ether oxygens (including phenoxy) is 1. The molecule has 3 rings (SSSR count). The predicted molar refractivity (Wildman–Crippen MR) is 86.5 cm³/mol.